The maximum Gasteiger partial charge on any atom is 0.0524 e. The van der Waals surface area contributed by atoms with E-state index in [1.165, 1.54) is 25.8 Å². The first-order valence-corrected chi connectivity index (χ1v) is 6.37. The zero-order valence-electron chi connectivity index (χ0n) is 10.8. The third kappa shape index (κ3) is 2.73. The Morgan fingerprint density at radius 1 is 1.47 bits per heavy atom. The van der Waals surface area contributed by atoms with E-state index >= 15 is 0 Å². The Morgan fingerprint density at radius 3 is 2.73 bits per heavy atom. The zero-order valence-corrected chi connectivity index (χ0v) is 10.8. The van der Waals surface area contributed by atoms with Crippen LogP contribution in [0.4, 0.5) is 0 Å². The van der Waals surface area contributed by atoms with Crippen molar-refractivity contribution in [2.24, 2.45) is 17.3 Å². The van der Waals surface area contributed by atoms with Gasteiger partial charge in [-0.1, -0.05) is 27.2 Å². The summed E-state index contributed by atoms with van der Waals surface area (Å²) < 4.78 is 5.49. The van der Waals surface area contributed by atoms with Gasteiger partial charge in [0.1, 0.15) is 0 Å². The molecule has 1 N–H and O–H groups in total. The van der Waals surface area contributed by atoms with E-state index < -0.39 is 0 Å². The van der Waals surface area contributed by atoms with Crippen LogP contribution in [0, 0.1) is 17.3 Å². The van der Waals surface area contributed by atoms with Gasteiger partial charge in [0, 0.05) is 12.5 Å². The van der Waals surface area contributed by atoms with Crippen LogP contribution in [0.1, 0.15) is 40.0 Å². The molecule has 2 atom stereocenters. The Kier molecular flexibility index (Phi) is 5.07. The minimum atomic E-state index is 0.413. The topological polar surface area (TPSA) is 21.3 Å². The van der Waals surface area contributed by atoms with E-state index in [2.05, 4.69) is 26.1 Å². The number of hydrogen-bond donors (Lipinski definition) is 1. The van der Waals surface area contributed by atoms with E-state index in [1.807, 2.05) is 7.11 Å². The summed E-state index contributed by atoms with van der Waals surface area (Å²) in [5, 5.41) is 3.53. The highest BCUT2D eigenvalue weighted by molar-refractivity contribution is 4.93. The van der Waals surface area contributed by atoms with Crippen molar-refractivity contribution in [3.05, 3.63) is 0 Å². The highest BCUT2D eigenvalue weighted by atomic mass is 16.5. The molecule has 0 aromatic carbocycles. The van der Waals surface area contributed by atoms with Gasteiger partial charge in [-0.2, -0.15) is 0 Å². The molecule has 0 aromatic heterocycles. The maximum atomic E-state index is 5.49. The lowest BCUT2D eigenvalue weighted by molar-refractivity contribution is -0.0309. The Balaban J connectivity index is 2.78. The lowest BCUT2D eigenvalue weighted by Crippen LogP contribution is -2.50. The number of nitrogens with one attached hydrogen (secondary N) is 1. The van der Waals surface area contributed by atoms with E-state index in [-0.39, 0.29) is 0 Å². The van der Waals surface area contributed by atoms with Gasteiger partial charge in [0.15, 0.2) is 0 Å². The monoisotopic (exact) mass is 213 g/mol. The highest BCUT2D eigenvalue weighted by Crippen LogP contribution is 2.43. The van der Waals surface area contributed by atoms with Crippen LogP contribution < -0.4 is 5.32 Å². The first-order valence-electron chi connectivity index (χ1n) is 6.37. The summed E-state index contributed by atoms with van der Waals surface area (Å²) in [4.78, 5) is 0. The molecule has 2 nitrogen and oxygen atoms in total. The predicted molar refractivity (Wildman–Crippen MR) is 65.0 cm³/mol. The molecular formula is C13H27NO. The summed E-state index contributed by atoms with van der Waals surface area (Å²) in [5.74, 6) is 1.51. The average Bonchev–Trinajstić information content (AvgIpc) is 2.21. The standard InChI is InChI=1S/C13H27NO/c1-5-6-12-9-14-8-7-13(12,10-15-4)11(2)3/h11-12,14H,5-10H2,1-4H3. The molecule has 1 heterocycles. The summed E-state index contributed by atoms with van der Waals surface area (Å²) in [6.45, 7) is 10.3. The van der Waals surface area contributed by atoms with Crippen molar-refractivity contribution < 1.29 is 4.74 Å². The van der Waals surface area contributed by atoms with Crippen molar-refractivity contribution in [3.8, 4) is 0 Å². The maximum absolute atomic E-state index is 5.49. The van der Waals surface area contributed by atoms with Gasteiger partial charge in [-0.25, -0.2) is 0 Å². The first kappa shape index (κ1) is 13.0. The molecule has 0 aliphatic carbocycles. The van der Waals surface area contributed by atoms with Crippen LogP contribution in [-0.4, -0.2) is 26.8 Å². The lowest BCUT2D eigenvalue weighted by atomic mass is 9.63. The van der Waals surface area contributed by atoms with Gasteiger partial charge in [0.2, 0.25) is 0 Å². The van der Waals surface area contributed by atoms with E-state index in [0.29, 0.717) is 5.41 Å². The SMILES string of the molecule is CCCC1CNCCC1(COC)C(C)C. The van der Waals surface area contributed by atoms with Crippen molar-refractivity contribution >= 4 is 0 Å². The number of rotatable bonds is 5. The largest absolute Gasteiger partial charge is 0.384 e. The molecule has 0 aromatic rings. The molecule has 90 valence electrons. The van der Waals surface area contributed by atoms with Crippen LogP contribution in [0.15, 0.2) is 0 Å². The van der Waals surface area contributed by atoms with Crippen molar-refractivity contribution in [3.63, 3.8) is 0 Å². The van der Waals surface area contributed by atoms with Crippen molar-refractivity contribution in [1.29, 1.82) is 0 Å². The molecular weight excluding hydrogens is 186 g/mol. The molecule has 2 heteroatoms. The molecule has 1 aliphatic heterocycles. The fourth-order valence-corrected chi connectivity index (χ4v) is 3.13. The minimum Gasteiger partial charge on any atom is -0.384 e. The molecule has 2 unspecified atom stereocenters. The summed E-state index contributed by atoms with van der Waals surface area (Å²) in [7, 11) is 1.84. The Hall–Kier alpha value is -0.0800. The molecule has 0 saturated carbocycles. The van der Waals surface area contributed by atoms with Gasteiger partial charge in [-0.3, -0.25) is 0 Å². The van der Waals surface area contributed by atoms with Gasteiger partial charge >= 0.3 is 0 Å². The van der Waals surface area contributed by atoms with E-state index in [1.54, 1.807) is 0 Å². The van der Waals surface area contributed by atoms with Crippen LogP contribution in [0.25, 0.3) is 0 Å². The number of methoxy groups -OCH3 is 1. The van der Waals surface area contributed by atoms with Gasteiger partial charge in [-0.15, -0.1) is 0 Å². The van der Waals surface area contributed by atoms with E-state index in [4.69, 9.17) is 4.74 Å². The van der Waals surface area contributed by atoms with Crippen molar-refractivity contribution in [1.82, 2.24) is 5.32 Å². The van der Waals surface area contributed by atoms with Gasteiger partial charge in [-0.05, 0) is 37.8 Å². The Morgan fingerprint density at radius 2 is 2.20 bits per heavy atom. The Labute approximate surface area is 94.8 Å². The lowest BCUT2D eigenvalue weighted by Gasteiger charge is -2.47. The molecule has 0 bridgehead atoms. The van der Waals surface area contributed by atoms with Crippen molar-refractivity contribution in [2.75, 3.05) is 26.8 Å². The summed E-state index contributed by atoms with van der Waals surface area (Å²) in [5.41, 5.74) is 0.413. The van der Waals surface area contributed by atoms with Crippen LogP contribution in [0.2, 0.25) is 0 Å². The van der Waals surface area contributed by atoms with Gasteiger partial charge < -0.3 is 10.1 Å². The van der Waals surface area contributed by atoms with E-state index in [0.717, 1.165) is 25.0 Å². The predicted octanol–water partition coefficient (Wildman–Crippen LogP) is 2.68. The normalized spacial score (nSPS) is 32.2. The molecule has 1 saturated heterocycles. The number of ether oxygens (including phenoxy) is 1. The molecule has 0 spiro atoms. The van der Waals surface area contributed by atoms with Crippen molar-refractivity contribution in [2.45, 2.75) is 40.0 Å². The van der Waals surface area contributed by atoms with Crippen LogP contribution in [0.5, 0.6) is 0 Å². The third-order valence-electron chi connectivity index (χ3n) is 4.17. The fourth-order valence-electron chi connectivity index (χ4n) is 3.13. The summed E-state index contributed by atoms with van der Waals surface area (Å²) in [6.07, 6.45) is 3.88. The minimum absolute atomic E-state index is 0.413. The van der Waals surface area contributed by atoms with Crippen LogP contribution >= 0.6 is 0 Å². The second-order valence-electron chi connectivity index (χ2n) is 5.26. The molecule has 0 radical (unpaired) electrons. The molecule has 0 amide bonds. The molecule has 1 aliphatic rings. The smallest absolute Gasteiger partial charge is 0.0524 e. The fraction of sp³-hybridized carbons (Fsp3) is 1.00. The van der Waals surface area contributed by atoms with E-state index in [9.17, 15) is 0 Å². The first-order chi connectivity index (χ1) is 7.17. The van der Waals surface area contributed by atoms with Gasteiger partial charge in [0.25, 0.3) is 0 Å². The zero-order chi connectivity index (χ0) is 11.3. The second kappa shape index (κ2) is 5.86. The van der Waals surface area contributed by atoms with Gasteiger partial charge in [0.05, 0.1) is 6.61 Å². The molecule has 1 fully saturated rings. The third-order valence-corrected chi connectivity index (χ3v) is 4.17. The quantitative estimate of drug-likeness (QED) is 0.758. The number of hydrogen-bond acceptors (Lipinski definition) is 2. The molecule has 15 heavy (non-hydrogen) atoms. The second-order valence-corrected chi connectivity index (χ2v) is 5.26. The van der Waals surface area contributed by atoms with Crippen LogP contribution in [0.3, 0.4) is 0 Å². The number of piperidine rings is 1. The summed E-state index contributed by atoms with van der Waals surface area (Å²) >= 11 is 0. The summed E-state index contributed by atoms with van der Waals surface area (Å²) in [6, 6.07) is 0. The molecule has 1 rings (SSSR count). The highest BCUT2D eigenvalue weighted by Gasteiger charge is 2.42. The Bertz CT molecular complexity index is 175. The van der Waals surface area contributed by atoms with Crippen LogP contribution in [-0.2, 0) is 4.74 Å². The average molecular weight is 213 g/mol.